The Kier molecular flexibility index (Phi) is 4.59. The van der Waals surface area contributed by atoms with Crippen molar-refractivity contribution in [2.45, 2.75) is 35.8 Å². The Morgan fingerprint density at radius 2 is 2.05 bits per heavy atom. The summed E-state index contributed by atoms with van der Waals surface area (Å²) in [6.45, 7) is 1.16. The van der Waals surface area contributed by atoms with Gasteiger partial charge in [0, 0.05) is 30.6 Å². The van der Waals surface area contributed by atoms with E-state index in [0.717, 1.165) is 31.4 Å². The zero-order valence-electron chi connectivity index (χ0n) is 11.9. The SMILES string of the molecule is O=[N+]([O-])c1ccc([C@H]2[C@H](COC3CCCCO3)C2(Cl)Cl)cc1. The molecule has 2 fully saturated rings. The first kappa shape index (κ1) is 16.0. The van der Waals surface area contributed by atoms with Gasteiger partial charge in [0.2, 0.25) is 0 Å². The molecule has 1 aliphatic carbocycles. The number of ether oxygens (including phenoxy) is 2. The molecular formula is C15H17Cl2NO4. The van der Waals surface area contributed by atoms with E-state index >= 15 is 0 Å². The van der Waals surface area contributed by atoms with Crippen LogP contribution in [0.5, 0.6) is 0 Å². The summed E-state index contributed by atoms with van der Waals surface area (Å²) in [6, 6.07) is 6.36. The normalized spacial score (nSPS) is 30.0. The smallest absolute Gasteiger partial charge is 0.269 e. The molecule has 120 valence electrons. The van der Waals surface area contributed by atoms with Crippen molar-refractivity contribution in [3.05, 3.63) is 39.9 Å². The summed E-state index contributed by atoms with van der Waals surface area (Å²) in [5, 5.41) is 10.7. The Hall–Kier alpha value is -0.880. The molecule has 1 saturated carbocycles. The summed E-state index contributed by atoms with van der Waals surface area (Å²) in [6.07, 6.45) is 2.90. The zero-order valence-corrected chi connectivity index (χ0v) is 13.4. The molecule has 3 atom stereocenters. The minimum absolute atomic E-state index is 0.0252. The van der Waals surface area contributed by atoms with E-state index in [9.17, 15) is 10.1 Å². The molecule has 1 unspecified atom stereocenters. The van der Waals surface area contributed by atoms with E-state index in [2.05, 4.69) is 0 Å². The molecule has 1 aliphatic heterocycles. The maximum absolute atomic E-state index is 10.7. The van der Waals surface area contributed by atoms with Crippen LogP contribution in [0.2, 0.25) is 0 Å². The van der Waals surface area contributed by atoms with E-state index in [1.165, 1.54) is 12.1 Å². The Morgan fingerprint density at radius 3 is 2.64 bits per heavy atom. The van der Waals surface area contributed by atoms with Crippen LogP contribution in [0.25, 0.3) is 0 Å². The standard InChI is InChI=1S/C15H17Cl2NO4/c16-15(17)12(9-22-13-3-1-2-8-21-13)14(15)10-4-6-11(7-5-10)18(19)20/h4-7,12-14H,1-3,8-9H2/t12-,13?,14-/m0/s1. The molecule has 1 aromatic rings. The molecule has 1 heterocycles. The topological polar surface area (TPSA) is 61.6 Å². The molecule has 0 radical (unpaired) electrons. The van der Waals surface area contributed by atoms with Crippen LogP contribution in [0.4, 0.5) is 5.69 Å². The summed E-state index contributed by atoms with van der Waals surface area (Å²) in [5.41, 5.74) is 0.955. The predicted molar refractivity (Wildman–Crippen MR) is 83.3 cm³/mol. The number of nitro benzene ring substituents is 1. The number of hydrogen-bond acceptors (Lipinski definition) is 4. The number of non-ortho nitro benzene ring substituents is 1. The Bertz CT molecular complexity index is 543. The molecule has 22 heavy (non-hydrogen) atoms. The van der Waals surface area contributed by atoms with Crippen LogP contribution >= 0.6 is 23.2 Å². The predicted octanol–water partition coefficient (Wildman–Crippen LogP) is 4.03. The monoisotopic (exact) mass is 345 g/mol. The largest absolute Gasteiger partial charge is 0.353 e. The second-order valence-electron chi connectivity index (χ2n) is 5.74. The highest BCUT2D eigenvalue weighted by Crippen LogP contribution is 2.65. The van der Waals surface area contributed by atoms with E-state index in [-0.39, 0.29) is 23.8 Å². The summed E-state index contributed by atoms with van der Waals surface area (Å²) >= 11 is 12.7. The van der Waals surface area contributed by atoms with Crippen LogP contribution in [0.3, 0.4) is 0 Å². The summed E-state index contributed by atoms with van der Waals surface area (Å²) in [7, 11) is 0. The number of rotatable bonds is 5. The van der Waals surface area contributed by atoms with Gasteiger partial charge in [-0.25, -0.2) is 0 Å². The lowest BCUT2D eigenvalue weighted by Crippen LogP contribution is -2.23. The molecule has 1 saturated heterocycles. The van der Waals surface area contributed by atoms with Gasteiger partial charge in [0.05, 0.1) is 11.5 Å². The van der Waals surface area contributed by atoms with Gasteiger partial charge in [0.15, 0.2) is 6.29 Å². The average molecular weight is 346 g/mol. The van der Waals surface area contributed by atoms with Crippen molar-refractivity contribution < 1.29 is 14.4 Å². The van der Waals surface area contributed by atoms with Crippen LogP contribution in [0.15, 0.2) is 24.3 Å². The van der Waals surface area contributed by atoms with Gasteiger partial charge in [-0.15, -0.1) is 23.2 Å². The first-order valence-electron chi connectivity index (χ1n) is 7.35. The van der Waals surface area contributed by atoms with E-state index in [0.29, 0.717) is 6.61 Å². The number of hydrogen-bond donors (Lipinski definition) is 0. The number of nitrogens with zero attached hydrogens (tertiary/aromatic N) is 1. The quantitative estimate of drug-likeness (QED) is 0.459. The highest BCUT2D eigenvalue weighted by Gasteiger charge is 2.63. The fourth-order valence-corrected chi connectivity index (χ4v) is 3.72. The second kappa shape index (κ2) is 6.32. The summed E-state index contributed by atoms with van der Waals surface area (Å²) in [5.74, 6) is -0.0944. The van der Waals surface area contributed by atoms with Crippen molar-refractivity contribution in [2.75, 3.05) is 13.2 Å². The van der Waals surface area contributed by atoms with Crippen molar-refractivity contribution in [3.63, 3.8) is 0 Å². The molecule has 1 aromatic carbocycles. The molecule has 2 aliphatic rings. The van der Waals surface area contributed by atoms with Gasteiger partial charge < -0.3 is 9.47 Å². The van der Waals surface area contributed by atoms with Crippen LogP contribution < -0.4 is 0 Å². The minimum atomic E-state index is -0.884. The maximum atomic E-state index is 10.7. The Labute approximate surface area is 138 Å². The van der Waals surface area contributed by atoms with Crippen molar-refractivity contribution in [1.29, 1.82) is 0 Å². The van der Waals surface area contributed by atoms with Crippen molar-refractivity contribution in [1.82, 2.24) is 0 Å². The van der Waals surface area contributed by atoms with Crippen molar-refractivity contribution >= 4 is 28.9 Å². The van der Waals surface area contributed by atoms with Crippen LogP contribution in [0, 0.1) is 16.0 Å². The molecule has 0 amide bonds. The maximum Gasteiger partial charge on any atom is 0.269 e. The lowest BCUT2D eigenvalue weighted by atomic mass is 10.1. The van der Waals surface area contributed by atoms with Crippen LogP contribution in [-0.2, 0) is 9.47 Å². The van der Waals surface area contributed by atoms with Crippen LogP contribution in [-0.4, -0.2) is 28.8 Å². The Balaban J connectivity index is 1.60. The lowest BCUT2D eigenvalue weighted by molar-refractivity contribution is -0.384. The van der Waals surface area contributed by atoms with E-state index < -0.39 is 9.26 Å². The number of nitro groups is 1. The van der Waals surface area contributed by atoms with E-state index in [1.807, 2.05) is 0 Å². The van der Waals surface area contributed by atoms with Gasteiger partial charge in [-0.1, -0.05) is 12.1 Å². The molecule has 7 heteroatoms. The third-order valence-electron chi connectivity index (χ3n) is 4.26. The van der Waals surface area contributed by atoms with Crippen molar-refractivity contribution in [3.8, 4) is 0 Å². The van der Waals surface area contributed by atoms with Gasteiger partial charge in [0.1, 0.15) is 4.33 Å². The molecule has 0 bridgehead atoms. The van der Waals surface area contributed by atoms with E-state index in [4.69, 9.17) is 32.7 Å². The number of alkyl halides is 2. The van der Waals surface area contributed by atoms with Gasteiger partial charge in [-0.2, -0.15) is 0 Å². The highest BCUT2D eigenvalue weighted by molar-refractivity contribution is 6.52. The second-order valence-corrected chi connectivity index (χ2v) is 7.18. The lowest BCUT2D eigenvalue weighted by Gasteiger charge is -2.22. The van der Waals surface area contributed by atoms with Gasteiger partial charge in [-0.05, 0) is 24.8 Å². The van der Waals surface area contributed by atoms with Gasteiger partial charge in [-0.3, -0.25) is 10.1 Å². The number of halogens is 2. The first-order chi connectivity index (χ1) is 10.5. The molecule has 3 rings (SSSR count). The number of benzene rings is 1. The molecule has 5 nitrogen and oxygen atoms in total. The first-order valence-corrected chi connectivity index (χ1v) is 8.11. The zero-order chi connectivity index (χ0) is 15.7. The third-order valence-corrected chi connectivity index (χ3v) is 5.30. The van der Waals surface area contributed by atoms with Crippen LogP contribution in [0.1, 0.15) is 30.7 Å². The minimum Gasteiger partial charge on any atom is -0.353 e. The molecule has 0 spiro atoms. The summed E-state index contributed by atoms with van der Waals surface area (Å²) in [4.78, 5) is 10.3. The average Bonchev–Trinajstić information content (AvgIpc) is 3.07. The molecular weight excluding hydrogens is 329 g/mol. The fraction of sp³-hybridized carbons (Fsp3) is 0.600. The fourth-order valence-electron chi connectivity index (χ4n) is 2.91. The van der Waals surface area contributed by atoms with Gasteiger partial charge >= 0.3 is 0 Å². The van der Waals surface area contributed by atoms with Crippen molar-refractivity contribution in [2.24, 2.45) is 5.92 Å². The molecule has 0 aromatic heterocycles. The summed E-state index contributed by atoms with van der Waals surface area (Å²) < 4.78 is 10.4. The molecule has 0 N–H and O–H groups in total. The highest BCUT2D eigenvalue weighted by atomic mass is 35.5. The Morgan fingerprint density at radius 1 is 1.32 bits per heavy atom. The van der Waals surface area contributed by atoms with Gasteiger partial charge in [0.25, 0.3) is 5.69 Å². The third kappa shape index (κ3) is 3.23. The van der Waals surface area contributed by atoms with E-state index in [1.54, 1.807) is 12.1 Å².